The minimum Gasteiger partial charge on any atom is -0.456 e. The molecule has 0 radical (unpaired) electrons. The molecule has 0 atom stereocenters. The highest BCUT2D eigenvalue weighted by Gasteiger charge is 2.19. The van der Waals surface area contributed by atoms with Gasteiger partial charge >= 0.3 is 0 Å². The van der Waals surface area contributed by atoms with E-state index in [2.05, 4.69) is 60.7 Å². The van der Waals surface area contributed by atoms with Crippen LogP contribution >= 0.6 is 11.3 Å². The van der Waals surface area contributed by atoms with Crippen LogP contribution in [0, 0.1) is 0 Å². The lowest BCUT2D eigenvalue weighted by molar-refractivity contribution is 0.669. The SMILES string of the molecule is c1ccc(-c2nc(-c3ccccc3)nc(-c3ccc4oc5cc(-c6nc(-c7ccccc7)nc(-c7cccc8c7sc7ccccc78)n6)ccc5c4c3)n2)cc1. The van der Waals surface area contributed by atoms with Gasteiger partial charge in [0.15, 0.2) is 34.9 Å². The van der Waals surface area contributed by atoms with Crippen molar-refractivity contribution in [3.8, 4) is 68.3 Å². The molecule has 0 aliphatic carbocycles. The van der Waals surface area contributed by atoms with Crippen LogP contribution in [0.4, 0.5) is 0 Å². The Morgan fingerprint density at radius 2 is 0.821 bits per heavy atom. The predicted octanol–water partition coefficient (Wildman–Crippen LogP) is 12.3. The summed E-state index contributed by atoms with van der Waals surface area (Å²) in [5.41, 5.74) is 6.94. The third kappa shape index (κ3) is 5.59. The van der Waals surface area contributed by atoms with E-state index < -0.39 is 0 Å². The molecule has 0 spiro atoms. The molecule has 8 heteroatoms. The molecule has 0 aliphatic rings. The van der Waals surface area contributed by atoms with Crippen molar-refractivity contribution in [2.24, 2.45) is 0 Å². The molecule has 4 heterocycles. The summed E-state index contributed by atoms with van der Waals surface area (Å²) in [6.07, 6.45) is 0. The van der Waals surface area contributed by atoms with Gasteiger partial charge in [-0.25, -0.2) is 29.9 Å². The average molecular weight is 737 g/mol. The van der Waals surface area contributed by atoms with E-state index in [4.69, 9.17) is 34.3 Å². The van der Waals surface area contributed by atoms with Gasteiger partial charge < -0.3 is 4.42 Å². The van der Waals surface area contributed by atoms with Crippen molar-refractivity contribution < 1.29 is 4.42 Å². The molecular formula is C48H28N6OS. The normalized spacial score (nSPS) is 11.6. The van der Waals surface area contributed by atoms with E-state index >= 15 is 0 Å². The van der Waals surface area contributed by atoms with Crippen LogP contribution in [0.3, 0.4) is 0 Å². The number of hydrogen-bond acceptors (Lipinski definition) is 8. The first kappa shape index (κ1) is 32.0. The first-order valence-corrected chi connectivity index (χ1v) is 19.1. The molecule has 7 nitrogen and oxygen atoms in total. The number of hydrogen-bond donors (Lipinski definition) is 0. The molecule has 0 N–H and O–H groups in total. The van der Waals surface area contributed by atoms with Crippen LogP contribution in [0.15, 0.2) is 174 Å². The number of furan rings is 1. The van der Waals surface area contributed by atoms with Gasteiger partial charge in [-0.2, -0.15) is 0 Å². The number of thiophene rings is 1. The molecule has 0 fully saturated rings. The Morgan fingerprint density at radius 1 is 0.321 bits per heavy atom. The summed E-state index contributed by atoms with van der Waals surface area (Å²) in [4.78, 5) is 29.9. The Morgan fingerprint density at radius 3 is 1.45 bits per heavy atom. The Bertz CT molecular complexity index is 3200. The first-order valence-electron chi connectivity index (χ1n) is 18.3. The number of aromatic nitrogens is 6. The van der Waals surface area contributed by atoms with E-state index in [-0.39, 0.29) is 0 Å². The molecule has 11 aromatic rings. The lowest BCUT2D eigenvalue weighted by Crippen LogP contribution is -2.00. The van der Waals surface area contributed by atoms with Gasteiger partial charge in [-0.3, -0.25) is 0 Å². The molecule has 262 valence electrons. The molecule has 0 bridgehead atoms. The smallest absolute Gasteiger partial charge is 0.165 e. The summed E-state index contributed by atoms with van der Waals surface area (Å²) >= 11 is 1.76. The van der Waals surface area contributed by atoms with Gasteiger partial charge in [-0.1, -0.05) is 127 Å². The van der Waals surface area contributed by atoms with E-state index in [0.29, 0.717) is 34.9 Å². The maximum absolute atomic E-state index is 6.49. The predicted molar refractivity (Wildman–Crippen MR) is 226 cm³/mol. The molecular weight excluding hydrogens is 709 g/mol. The summed E-state index contributed by atoms with van der Waals surface area (Å²) in [7, 11) is 0. The van der Waals surface area contributed by atoms with Gasteiger partial charge in [-0.05, 0) is 42.5 Å². The van der Waals surface area contributed by atoms with Gasteiger partial charge in [0.2, 0.25) is 0 Å². The molecule has 11 rings (SSSR count). The van der Waals surface area contributed by atoms with E-state index in [9.17, 15) is 0 Å². The van der Waals surface area contributed by atoms with E-state index in [1.165, 1.54) is 15.5 Å². The standard InChI is InChI=1S/C48H28N6OS/c1-4-13-29(14-5-1)43-49-44(30-15-6-2-7-16-30)51-46(50-43)32-24-26-39-38(27-32)34-25-23-33(28-40(34)55-39)47-52-45(31-17-8-3-9-18-31)53-48(54-47)37-21-12-20-36-35-19-10-11-22-41(35)56-42(36)37/h1-28H. The van der Waals surface area contributed by atoms with Gasteiger partial charge in [0.25, 0.3) is 0 Å². The number of rotatable bonds is 6. The Hall–Kier alpha value is -7.42. The number of nitrogens with zero attached hydrogens (tertiary/aromatic N) is 6. The third-order valence-electron chi connectivity index (χ3n) is 10.00. The number of benzene rings is 7. The van der Waals surface area contributed by atoms with Crippen LogP contribution in [0.2, 0.25) is 0 Å². The maximum atomic E-state index is 6.49. The van der Waals surface area contributed by atoms with Crippen molar-refractivity contribution in [3.05, 3.63) is 170 Å². The third-order valence-corrected chi connectivity index (χ3v) is 11.2. The molecule has 0 unspecified atom stereocenters. The van der Waals surface area contributed by atoms with E-state index in [1.807, 2.05) is 109 Å². The van der Waals surface area contributed by atoms with Crippen LogP contribution < -0.4 is 0 Å². The zero-order valence-electron chi connectivity index (χ0n) is 29.7. The van der Waals surface area contributed by atoms with Crippen molar-refractivity contribution in [1.29, 1.82) is 0 Å². The second-order valence-corrected chi connectivity index (χ2v) is 14.6. The van der Waals surface area contributed by atoms with Crippen molar-refractivity contribution in [1.82, 2.24) is 29.9 Å². The average Bonchev–Trinajstić information content (AvgIpc) is 3.85. The summed E-state index contributed by atoms with van der Waals surface area (Å²) in [5.74, 6) is 3.63. The molecule has 0 saturated carbocycles. The van der Waals surface area contributed by atoms with E-state index in [0.717, 1.165) is 60.0 Å². The molecule has 0 saturated heterocycles. The van der Waals surface area contributed by atoms with Crippen LogP contribution in [0.5, 0.6) is 0 Å². The summed E-state index contributed by atoms with van der Waals surface area (Å²) < 4.78 is 8.87. The van der Waals surface area contributed by atoms with Crippen LogP contribution in [0.25, 0.3) is 110 Å². The quantitative estimate of drug-likeness (QED) is 0.168. The zero-order valence-corrected chi connectivity index (χ0v) is 30.5. The summed E-state index contributed by atoms with van der Waals surface area (Å²) in [5, 5.41) is 4.36. The van der Waals surface area contributed by atoms with Gasteiger partial charge in [0.05, 0.1) is 0 Å². The highest BCUT2D eigenvalue weighted by molar-refractivity contribution is 7.26. The minimum atomic E-state index is 0.571. The topological polar surface area (TPSA) is 90.5 Å². The van der Waals surface area contributed by atoms with Crippen LogP contribution in [-0.4, -0.2) is 29.9 Å². The molecule has 0 amide bonds. The summed E-state index contributed by atoms with van der Waals surface area (Å²) in [6, 6.07) is 57.2. The van der Waals surface area contributed by atoms with Crippen LogP contribution in [0.1, 0.15) is 0 Å². The zero-order chi connectivity index (χ0) is 37.0. The second kappa shape index (κ2) is 13.2. The molecule has 4 aromatic heterocycles. The highest BCUT2D eigenvalue weighted by atomic mass is 32.1. The minimum absolute atomic E-state index is 0.571. The fourth-order valence-corrected chi connectivity index (χ4v) is 8.47. The lowest BCUT2D eigenvalue weighted by Gasteiger charge is -2.09. The van der Waals surface area contributed by atoms with Gasteiger partial charge in [-0.15, -0.1) is 11.3 Å². The van der Waals surface area contributed by atoms with E-state index in [1.54, 1.807) is 11.3 Å². The fraction of sp³-hybridized carbons (Fsp3) is 0. The largest absolute Gasteiger partial charge is 0.456 e. The van der Waals surface area contributed by atoms with Crippen molar-refractivity contribution in [2.75, 3.05) is 0 Å². The van der Waals surface area contributed by atoms with Gasteiger partial charge in [0, 0.05) is 64.3 Å². The summed E-state index contributed by atoms with van der Waals surface area (Å²) in [6.45, 7) is 0. The molecule has 56 heavy (non-hydrogen) atoms. The monoisotopic (exact) mass is 736 g/mol. The molecule has 0 aliphatic heterocycles. The highest BCUT2D eigenvalue weighted by Crippen LogP contribution is 2.40. The van der Waals surface area contributed by atoms with Crippen molar-refractivity contribution in [3.63, 3.8) is 0 Å². The Kier molecular flexibility index (Phi) is 7.53. The second-order valence-electron chi connectivity index (χ2n) is 13.5. The Balaban J connectivity index is 1.04. The van der Waals surface area contributed by atoms with Crippen LogP contribution in [-0.2, 0) is 0 Å². The maximum Gasteiger partial charge on any atom is 0.165 e. The fourth-order valence-electron chi connectivity index (χ4n) is 7.26. The Labute approximate surface area is 324 Å². The lowest BCUT2D eigenvalue weighted by atomic mass is 10.1. The first-order chi connectivity index (χ1) is 27.7. The van der Waals surface area contributed by atoms with Gasteiger partial charge in [0.1, 0.15) is 11.2 Å². The van der Waals surface area contributed by atoms with Crippen molar-refractivity contribution in [2.45, 2.75) is 0 Å². The number of fused-ring (bicyclic) bond motifs is 6. The molecule has 7 aromatic carbocycles. The van der Waals surface area contributed by atoms with Crippen molar-refractivity contribution >= 4 is 53.4 Å².